The van der Waals surface area contributed by atoms with E-state index in [0.29, 0.717) is 11.9 Å². The second kappa shape index (κ2) is 4.08. The van der Waals surface area contributed by atoms with Crippen LogP contribution in [0.2, 0.25) is 0 Å². The van der Waals surface area contributed by atoms with Crippen molar-refractivity contribution >= 4 is 5.95 Å². The van der Waals surface area contributed by atoms with Crippen LogP contribution in [0, 0.1) is 0 Å². The molecule has 2 rings (SSSR count). The van der Waals surface area contributed by atoms with E-state index in [1.807, 2.05) is 18.2 Å². The third-order valence-corrected chi connectivity index (χ3v) is 2.21. The van der Waals surface area contributed by atoms with Crippen molar-refractivity contribution in [1.29, 1.82) is 0 Å². The molecule has 5 heteroatoms. The zero-order chi connectivity index (χ0) is 10.7. The van der Waals surface area contributed by atoms with E-state index >= 15 is 0 Å². The van der Waals surface area contributed by atoms with Gasteiger partial charge in [-0.1, -0.05) is 13.0 Å². The summed E-state index contributed by atoms with van der Waals surface area (Å²) in [6, 6.07) is 5.89. The van der Waals surface area contributed by atoms with E-state index in [2.05, 4.69) is 22.0 Å². The number of anilines is 1. The topological polar surface area (TPSA) is 69.6 Å². The van der Waals surface area contributed by atoms with Gasteiger partial charge in [0.05, 0.1) is 6.54 Å². The average Bonchev–Trinajstić information content (AvgIpc) is 2.65. The SMILES string of the molecule is CC(Cn1cnc(N)n1)c1ccccn1. The summed E-state index contributed by atoms with van der Waals surface area (Å²) in [5.41, 5.74) is 6.48. The van der Waals surface area contributed by atoms with Gasteiger partial charge in [0.25, 0.3) is 0 Å². The molecule has 2 heterocycles. The minimum Gasteiger partial charge on any atom is -0.367 e. The molecule has 0 saturated heterocycles. The Morgan fingerprint density at radius 1 is 1.40 bits per heavy atom. The molecule has 0 radical (unpaired) electrons. The van der Waals surface area contributed by atoms with Gasteiger partial charge < -0.3 is 5.73 Å². The van der Waals surface area contributed by atoms with Crippen LogP contribution in [0.3, 0.4) is 0 Å². The molecule has 1 atom stereocenters. The molecule has 0 bridgehead atoms. The first-order valence-corrected chi connectivity index (χ1v) is 4.81. The molecule has 15 heavy (non-hydrogen) atoms. The monoisotopic (exact) mass is 203 g/mol. The first-order valence-electron chi connectivity index (χ1n) is 4.81. The summed E-state index contributed by atoms with van der Waals surface area (Å²) >= 11 is 0. The molecule has 0 amide bonds. The van der Waals surface area contributed by atoms with E-state index in [0.717, 1.165) is 12.2 Å². The van der Waals surface area contributed by atoms with Crippen molar-refractivity contribution in [3.8, 4) is 0 Å². The van der Waals surface area contributed by atoms with E-state index in [1.54, 1.807) is 17.2 Å². The highest BCUT2D eigenvalue weighted by Gasteiger charge is 2.07. The summed E-state index contributed by atoms with van der Waals surface area (Å²) in [5.74, 6) is 0.607. The van der Waals surface area contributed by atoms with Gasteiger partial charge in [0.1, 0.15) is 6.33 Å². The van der Waals surface area contributed by atoms with E-state index in [-0.39, 0.29) is 0 Å². The van der Waals surface area contributed by atoms with Gasteiger partial charge in [-0.3, -0.25) is 9.67 Å². The molecular weight excluding hydrogens is 190 g/mol. The van der Waals surface area contributed by atoms with Gasteiger partial charge in [-0.2, -0.15) is 0 Å². The van der Waals surface area contributed by atoms with Crippen molar-refractivity contribution in [2.24, 2.45) is 0 Å². The number of hydrogen-bond donors (Lipinski definition) is 1. The third-order valence-electron chi connectivity index (χ3n) is 2.21. The normalized spacial score (nSPS) is 12.6. The fourth-order valence-electron chi connectivity index (χ4n) is 1.44. The van der Waals surface area contributed by atoms with Crippen molar-refractivity contribution in [2.75, 3.05) is 5.73 Å². The summed E-state index contributed by atoms with van der Waals surface area (Å²) < 4.78 is 1.73. The molecule has 5 nitrogen and oxygen atoms in total. The summed E-state index contributed by atoms with van der Waals surface area (Å²) in [7, 11) is 0. The molecule has 0 spiro atoms. The van der Waals surface area contributed by atoms with Gasteiger partial charge in [-0.25, -0.2) is 4.98 Å². The van der Waals surface area contributed by atoms with E-state index < -0.39 is 0 Å². The van der Waals surface area contributed by atoms with Crippen LogP contribution in [-0.2, 0) is 6.54 Å². The summed E-state index contributed by atoms with van der Waals surface area (Å²) in [4.78, 5) is 8.16. The smallest absolute Gasteiger partial charge is 0.239 e. The molecule has 0 aliphatic carbocycles. The number of nitrogen functional groups attached to an aromatic ring is 1. The highest BCUT2D eigenvalue weighted by atomic mass is 15.4. The summed E-state index contributed by atoms with van der Waals surface area (Å²) in [6.07, 6.45) is 3.43. The lowest BCUT2D eigenvalue weighted by molar-refractivity contribution is 0.534. The first-order chi connectivity index (χ1) is 7.25. The van der Waals surface area contributed by atoms with Crippen LogP contribution >= 0.6 is 0 Å². The maximum Gasteiger partial charge on any atom is 0.239 e. The van der Waals surface area contributed by atoms with Gasteiger partial charge in [-0.15, -0.1) is 5.10 Å². The van der Waals surface area contributed by atoms with Crippen molar-refractivity contribution in [1.82, 2.24) is 19.7 Å². The van der Waals surface area contributed by atoms with Gasteiger partial charge in [-0.05, 0) is 12.1 Å². The van der Waals surface area contributed by atoms with Crippen LogP contribution in [0.15, 0.2) is 30.7 Å². The predicted octanol–water partition coefficient (Wildman–Crippen LogP) is 1.06. The number of nitrogens with zero attached hydrogens (tertiary/aromatic N) is 4. The lowest BCUT2D eigenvalue weighted by Gasteiger charge is -2.09. The summed E-state index contributed by atoms with van der Waals surface area (Å²) in [5, 5.41) is 4.03. The van der Waals surface area contributed by atoms with Crippen LogP contribution in [0.5, 0.6) is 0 Å². The van der Waals surface area contributed by atoms with E-state index in [1.165, 1.54) is 0 Å². The lowest BCUT2D eigenvalue weighted by Crippen LogP contribution is -2.08. The fraction of sp³-hybridized carbons (Fsp3) is 0.300. The summed E-state index contributed by atoms with van der Waals surface area (Å²) in [6.45, 7) is 2.83. The maximum absolute atomic E-state index is 5.43. The Labute approximate surface area is 88.0 Å². The van der Waals surface area contributed by atoms with E-state index in [4.69, 9.17) is 5.73 Å². The molecule has 2 aromatic heterocycles. The number of hydrogen-bond acceptors (Lipinski definition) is 4. The third kappa shape index (κ3) is 2.31. The Bertz CT molecular complexity index is 422. The van der Waals surface area contributed by atoms with Crippen LogP contribution in [0.1, 0.15) is 18.5 Å². The van der Waals surface area contributed by atoms with Crippen molar-refractivity contribution in [2.45, 2.75) is 19.4 Å². The standard InChI is InChI=1S/C10H13N5/c1-8(9-4-2-3-5-12-9)6-15-7-13-10(11)14-15/h2-5,7-8H,6H2,1H3,(H2,11,14). The number of nitrogens with two attached hydrogens (primary N) is 1. The van der Waals surface area contributed by atoms with E-state index in [9.17, 15) is 0 Å². The molecular formula is C10H13N5. The molecule has 2 aromatic rings. The van der Waals surface area contributed by atoms with Crippen molar-refractivity contribution in [3.63, 3.8) is 0 Å². The molecule has 0 saturated carbocycles. The van der Waals surface area contributed by atoms with Gasteiger partial charge in [0.15, 0.2) is 0 Å². The number of rotatable bonds is 3. The average molecular weight is 203 g/mol. The highest BCUT2D eigenvalue weighted by molar-refractivity contribution is 5.11. The Kier molecular flexibility index (Phi) is 2.62. The van der Waals surface area contributed by atoms with Crippen LogP contribution in [0.4, 0.5) is 5.95 Å². The van der Waals surface area contributed by atoms with Crippen molar-refractivity contribution < 1.29 is 0 Å². The largest absolute Gasteiger partial charge is 0.367 e. The zero-order valence-corrected chi connectivity index (χ0v) is 8.54. The van der Waals surface area contributed by atoms with Gasteiger partial charge in [0, 0.05) is 17.8 Å². The second-order valence-corrected chi connectivity index (χ2v) is 3.48. The van der Waals surface area contributed by atoms with Crippen molar-refractivity contribution in [3.05, 3.63) is 36.4 Å². The Morgan fingerprint density at radius 3 is 2.87 bits per heavy atom. The van der Waals surface area contributed by atoms with Crippen LogP contribution in [-0.4, -0.2) is 19.7 Å². The Morgan fingerprint density at radius 2 is 2.27 bits per heavy atom. The molecule has 2 N–H and O–H groups in total. The Hall–Kier alpha value is -1.91. The quantitative estimate of drug-likeness (QED) is 0.809. The molecule has 0 aromatic carbocycles. The van der Waals surface area contributed by atoms with Crippen LogP contribution < -0.4 is 5.73 Å². The minimum absolute atomic E-state index is 0.298. The maximum atomic E-state index is 5.43. The Balaban J connectivity index is 2.07. The zero-order valence-electron chi connectivity index (χ0n) is 8.54. The number of pyridine rings is 1. The van der Waals surface area contributed by atoms with Gasteiger partial charge >= 0.3 is 0 Å². The second-order valence-electron chi connectivity index (χ2n) is 3.48. The number of aromatic nitrogens is 4. The fourth-order valence-corrected chi connectivity index (χ4v) is 1.44. The predicted molar refractivity (Wildman–Crippen MR) is 57.1 cm³/mol. The lowest BCUT2D eigenvalue weighted by atomic mass is 10.1. The molecule has 0 fully saturated rings. The highest BCUT2D eigenvalue weighted by Crippen LogP contribution is 2.13. The molecule has 0 aliphatic heterocycles. The van der Waals surface area contributed by atoms with Crippen LogP contribution in [0.25, 0.3) is 0 Å². The molecule has 78 valence electrons. The molecule has 0 aliphatic rings. The minimum atomic E-state index is 0.298. The molecule has 1 unspecified atom stereocenters. The first kappa shape index (κ1) is 9.64. The van der Waals surface area contributed by atoms with Gasteiger partial charge in [0.2, 0.25) is 5.95 Å².